The average molecular weight is 638 g/mol. The van der Waals surface area contributed by atoms with Gasteiger partial charge in [0.15, 0.2) is 0 Å². The van der Waals surface area contributed by atoms with Crippen molar-refractivity contribution in [1.82, 2.24) is 9.80 Å². The van der Waals surface area contributed by atoms with E-state index in [1.165, 1.54) is 6.42 Å². The molecule has 246 valence electrons. The number of likely N-dealkylation sites (tertiary alicyclic amines) is 1. The van der Waals surface area contributed by atoms with Gasteiger partial charge in [0.25, 0.3) is 0 Å². The molecule has 3 amide bonds. The molecule has 3 saturated heterocycles. The highest BCUT2D eigenvalue weighted by Crippen LogP contribution is 2.69. The predicted octanol–water partition coefficient (Wildman–Crippen LogP) is 5.31. The Bertz CT molecular complexity index is 1260. The van der Waals surface area contributed by atoms with Crippen LogP contribution in [-0.2, 0) is 14.4 Å². The first-order valence-corrected chi connectivity index (χ1v) is 17.7. The smallest absolute Gasteiger partial charge is 0.247 e. The zero-order chi connectivity index (χ0) is 32.5. The van der Waals surface area contributed by atoms with E-state index < -0.39 is 28.7 Å². The third-order valence-corrected chi connectivity index (χ3v) is 12.8. The standard InChI is InChI=1S/C36H51N3O5S/c1-7-19-37(26-15-17-27(18-16-26)44-9-3)33(41)30-29-21-24(6)36(45-29)31(30)34(42)39(28(22-40)23(4)5)32(36)35(43)38(20-8-2)25-13-11-10-12-14-25/h7-8,15-18,23-25,28-32,40H,1-2,9-14,19-22H2,3-6H3/t24?,28-,29+,30-,31-,32?,36?/m0/s1. The molecule has 0 aromatic heterocycles. The molecule has 4 fully saturated rings. The molecule has 45 heavy (non-hydrogen) atoms. The second kappa shape index (κ2) is 13.9. The zero-order valence-electron chi connectivity index (χ0n) is 27.4. The number of aliphatic hydroxyl groups is 1. The summed E-state index contributed by atoms with van der Waals surface area (Å²) >= 11 is 1.69. The summed E-state index contributed by atoms with van der Waals surface area (Å²) < 4.78 is 4.87. The fourth-order valence-electron chi connectivity index (χ4n) is 8.63. The maximum Gasteiger partial charge on any atom is 0.247 e. The van der Waals surface area contributed by atoms with Crippen LogP contribution in [-0.4, -0.2) is 87.1 Å². The number of carbonyl (C=O) groups is 3. The molecular formula is C36H51N3O5S. The minimum Gasteiger partial charge on any atom is -0.494 e. The Morgan fingerprint density at radius 2 is 1.78 bits per heavy atom. The van der Waals surface area contributed by atoms with E-state index >= 15 is 0 Å². The Labute approximate surface area is 273 Å². The van der Waals surface area contributed by atoms with Crippen molar-refractivity contribution in [3.63, 3.8) is 0 Å². The molecule has 1 saturated carbocycles. The first kappa shape index (κ1) is 33.6. The molecule has 1 aliphatic carbocycles. The highest BCUT2D eigenvalue weighted by atomic mass is 32.2. The highest BCUT2D eigenvalue weighted by molar-refractivity contribution is 8.02. The molecule has 2 bridgehead atoms. The third-order valence-electron chi connectivity index (χ3n) is 10.7. The lowest BCUT2D eigenvalue weighted by Gasteiger charge is -2.45. The molecule has 3 aliphatic heterocycles. The van der Waals surface area contributed by atoms with Gasteiger partial charge in [0.2, 0.25) is 17.7 Å². The van der Waals surface area contributed by atoms with Crippen molar-refractivity contribution >= 4 is 35.2 Å². The molecule has 1 aromatic rings. The van der Waals surface area contributed by atoms with Crippen LogP contribution in [0, 0.1) is 23.7 Å². The minimum atomic E-state index is -0.756. The normalized spacial score (nSPS) is 29.9. The van der Waals surface area contributed by atoms with Crippen molar-refractivity contribution in [2.75, 3.05) is 31.2 Å². The monoisotopic (exact) mass is 637 g/mol. The molecule has 5 rings (SSSR count). The van der Waals surface area contributed by atoms with Gasteiger partial charge in [-0.05, 0) is 62.3 Å². The summed E-state index contributed by atoms with van der Waals surface area (Å²) in [4.78, 5) is 49.9. The Kier molecular flexibility index (Phi) is 10.4. The quantitative estimate of drug-likeness (QED) is 0.295. The molecule has 7 atom stereocenters. The fourth-order valence-corrected chi connectivity index (χ4v) is 11.0. The second-order valence-electron chi connectivity index (χ2n) is 13.5. The number of ether oxygens (including phenoxy) is 1. The summed E-state index contributed by atoms with van der Waals surface area (Å²) in [7, 11) is 0. The van der Waals surface area contributed by atoms with Gasteiger partial charge in [-0.25, -0.2) is 0 Å². The molecular weight excluding hydrogens is 586 g/mol. The van der Waals surface area contributed by atoms with Crippen molar-refractivity contribution in [3.05, 3.63) is 49.6 Å². The zero-order valence-corrected chi connectivity index (χ0v) is 28.2. The number of aliphatic hydroxyl groups excluding tert-OH is 1. The van der Waals surface area contributed by atoms with Gasteiger partial charge in [-0.15, -0.1) is 24.9 Å². The van der Waals surface area contributed by atoms with Crippen molar-refractivity contribution in [1.29, 1.82) is 0 Å². The number of rotatable bonds is 13. The van der Waals surface area contributed by atoms with Crippen LogP contribution < -0.4 is 9.64 Å². The van der Waals surface area contributed by atoms with Crippen LogP contribution in [0.4, 0.5) is 5.69 Å². The van der Waals surface area contributed by atoms with Crippen LogP contribution in [0.2, 0.25) is 0 Å². The number of nitrogens with zero attached hydrogens (tertiary/aromatic N) is 3. The lowest BCUT2D eigenvalue weighted by Crippen LogP contribution is -2.61. The number of amides is 3. The van der Waals surface area contributed by atoms with Gasteiger partial charge < -0.3 is 24.5 Å². The summed E-state index contributed by atoms with van der Waals surface area (Å²) in [6, 6.07) is 6.27. The van der Waals surface area contributed by atoms with Crippen molar-refractivity contribution in [2.24, 2.45) is 23.7 Å². The van der Waals surface area contributed by atoms with Gasteiger partial charge in [0.05, 0.1) is 35.8 Å². The molecule has 4 aliphatic rings. The Balaban J connectivity index is 1.58. The molecule has 1 aromatic carbocycles. The number of fused-ring (bicyclic) bond motifs is 1. The number of anilines is 1. The summed E-state index contributed by atoms with van der Waals surface area (Å²) in [5.74, 6) is -0.878. The Morgan fingerprint density at radius 3 is 2.36 bits per heavy atom. The topological polar surface area (TPSA) is 90.4 Å². The van der Waals surface area contributed by atoms with Crippen LogP contribution in [0.15, 0.2) is 49.6 Å². The van der Waals surface area contributed by atoms with E-state index in [4.69, 9.17) is 4.74 Å². The van der Waals surface area contributed by atoms with E-state index in [9.17, 15) is 19.5 Å². The summed E-state index contributed by atoms with van der Waals surface area (Å²) in [6.45, 7) is 17.0. The van der Waals surface area contributed by atoms with E-state index in [2.05, 4.69) is 20.1 Å². The maximum absolute atomic E-state index is 15.0. The van der Waals surface area contributed by atoms with Crippen LogP contribution in [0.25, 0.3) is 0 Å². The Morgan fingerprint density at radius 1 is 1.11 bits per heavy atom. The number of hydrogen-bond acceptors (Lipinski definition) is 6. The third kappa shape index (κ3) is 5.73. The van der Waals surface area contributed by atoms with E-state index in [0.717, 1.165) is 43.5 Å². The second-order valence-corrected chi connectivity index (χ2v) is 15.1. The van der Waals surface area contributed by atoms with Crippen molar-refractivity contribution in [2.45, 2.75) is 94.3 Å². The van der Waals surface area contributed by atoms with Crippen LogP contribution >= 0.6 is 11.8 Å². The molecule has 8 nitrogen and oxygen atoms in total. The lowest BCUT2D eigenvalue weighted by molar-refractivity contribution is -0.148. The molecule has 9 heteroatoms. The van der Waals surface area contributed by atoms with Gasteiger partial charge >= 0.3 is 0 Å². The fraction of sp³-hybridized carbons (Fsp3) is 0.639. The van der Waals surface area contributed by atoms with Crippen molar-refractivity contribution < 1.29 is 24.2 Å². The summed E-state index contributed by atoms with van der Waals surface area (Å²) in [5, 5.41) is 10.6. The van der Waals surface area contributed by atoms with Crippen LogP contribution in [0.5, 0.6) is 5.75 Å². The van der Waals surface area contributed by atoms with Crippen molar-refractivity contribution in [3.8, 4) is 5.75 Å². The SMILES string of the molecule is C=CCN(C(=O)[C@@H]1[C@H]2C(=O)N([C@@H](CO)C(C)C)C(C(=O)N(CC=C)C3CCCCC3)C23S[C@@H]1CC3C)c1ccc(OCC)cc1. The minimum absolute atomic E-state index is 0.0474. The van der Waals surface area contributed by atoms with E-state index in [-0.39, 0.29) is 47.5 Å². The number of benzene rings is 1. The lowest BCUT2D eigenvalue weighted by atomic mass is 9.65. The number of thioether (sulfide) groups is 1. The van der Waals surface area contributed by atoms with Gasteiger partial charge in [-0.1, -0.05) is 52.2 Å². The average Bonchev–Trinajstić information content (AvgIpc) is 3.63. The number of hydrogen-bond donors (Lipinski definition) is 1. The predicted molar refractivity (Wildman–Crippen MR) is 180 cm³/mol. The molecule has 1 spiro atoms. The van der Waals surface area contributed by atoms with Gasteiger partial charge in [-0.2, -0.15) is 0 Å². The largest absolute Gasteiger partial charge is 0.494 e. The first-order chi connectivity index (χ1) is 21.7. The molecule has 3 heterocycles. The summed E-state index contributed by atoms with van der Waals surface area (Å²) in [5.41, 5.74) is 0.720. The van der Waals surface area contributed by atoms with Crippen LogP contribution in [0.1, 0.15) is 66.2 Å². The van der Waals surface area contributed by atoms with E-state index in [1.54, 1.807) is 33.7 Å². The molecule has 3 unspecified atom stereocenters. The van der Waals surface area contributed by atoms with E-state index in [1.807, 2.05) is 49.9 Å². The number of carbonyl (C=O) groups excluding carboxylic acids is 3. The Hall–Kier alpha value is -2.78. The summed E-state index contributed by atoms with van der Waals surface area (Å²) in [6.07, 6.45) is 9.45. The molecule has 1 N–H and O–H groups in total. The van der Waals surface area contributed by atoms with Gasteiger partial charge in [0.1, 0.15) is 11.8 Å². The highest BCUT2D eigenvalue weighted by Gasteiger charge is 2.77. The van der Waals surface area contributed by atoms with E-state index in [0.29, 0.717) is 19.7 Å². The first-order valence-electron chi connectivity index (χ1n) is 16.8. The van der Waals surface area contributed by atoms with Gasteiger partial charge in [0, 0.05) is 30.1 Å². The van der Waals surface area contributed by atoms with Gasteiger partial charge in [-0.3, -0.25) is 14.4 Å². The maximum atomic E-state index is 15.0. The molecule has 0 radical (unpaired) electrons. The van der Waals surface area contributed by atoms with Crippen LogP contribution in [0.3, 0.4) is 0 Å².